The Hall–Kier alpha value is -0.890. The molecule has 0 saturated carbocycles. The van der Waals surface area contributed by atoms with Gasteiger partial charge in [-0.15, -0.1) is 22.0 Å². The molecule has 14 heteroatoms. The highest BCUT2D eigenvalue weighted by atomic mass is 19.4. The summed E-state index contributed by atoms with van der Waals surface area (Å²) in [5, 5.41) is 0. The first-order valence-corrected chi connectivity index (χ1v) is 4.01. The van der Waals surface area contributed by atoms with Gasteiger partial charge in [0.15, 0.2) is 0 Å². The molecule has 0 saturated heterocycles. The fourth-order valence-electron chi connectivity index (χ4n) is 0.770. The van der Waals surface area contributed by atoms with Crippen LogP contribution in [-0.2, 0) is 14.2 Å². The number of halogens is 11. The Bertz CT molecular complexity index is 334. The summed E-state index contributed by atoms with van der Waals surface area (Å²) in [6.45, 7) is 0. The van der Waals surface area contributed by atoms with E-state index in [0.717, 1.165) is 0 Å². The van der Waals surface area contributed by atoms with Crippen molar-refractivity contribution in [2.24, 2.45) is 0 Å². The van der Waals surface area contributed by atoms with E-state index in [9.17, 15) is 48.3 Å². The van der Waals surface area contributed by atoms with Crippen molar-refractivity contribution in [1.29, 1.82) is 0 Å². The predicted octanol–water partition coefficient (Wildman–Crippen LogP) is 3.56. The molecule has 0 bridgehead atoms. The van der Waals surface area contributed by atoms with Gasteiger partial charge in [-0.2, -0.15) is 31.1 Å². The molecule has 0 spiro atoms. The standard InChI is InChI=1S/C6H3F11O3/c1-18-2(7,3(8,9)10)4(11,12)19-6(16,17)20-5(13,14)15/h1H3. The molecular formula is C6H3F11O3. The Morgan fingerprint density at radius 2 is 1.05 bits per heavy atom. The van der Waals surface area contributed by atoms with E-state index in [2.05, 4.69) is 4.74 Å². The Morgan fingerprint density at radius 1 is 0.650 bits per heavy atom. The van der Waals surface area contributed by atoms with Crippen molar-refractivity contribution in [3.05, 3.63) is 0 Å². The second kappa shape index (κ2) is 5.14. The van der Waals surface area contributed by atoms with E-state index >= 15 is 0 Å². The van der Waals surface area contributed by atoms with Crippen LogP contribution in [0, 0.1) is 0 Å². The van der Waals surface area contributed by atoms with E-state index in [0.29, 0.717) is 0 Å². The topological polar surface area (TPSA) is 27.7 Å². The number of methoxy groups -OCH3 is 1. The van der Waals surface area contributed by atoms with Gasteiger partial charge in [0.1, 0.15) is 0 Å². The van der Waals surface area contributed by atoms with Gasteiger partial charge in [-0.25, -0.2) is 4.74 Å². The lowest BCUT2D eigenvalue weighted by Crippen LogP contribution is -2.60. The van der Waals surface area contributed by atoms with Crippen LogP contribution in [0.1, 0.15) is 0 Å². The molecule has 0 aliphatic rings. The first-order chi connectivity index (χ1) is 8.47. The lowest BCUT2D eigenvalue weighted by Gasteiger charge is -2.34. The molecule has 122 valence electrons. The third kappa shape index (κ3) is 4.31. The Balaban J connectivity index is 5.34. The van der Waals surface area contributed by atoms with Gasteiger partial charge in [0.05, 0.1) is 0 Å². The summed E-state index contributed by atoms with van der Waals surface area (Å²) >= 11 is 0. The molecule has 0 heterocycles. The second-order valence-electron chi connectivity index (χ2n) is 2.93. The minimum absolute atomic E-state index is 0.298. The van der Waals surface area contributed by atoms with E-state index in [1.54, 1.807) is 4.74 Å². The fraction of sp³-hybridized carbons (Fsp3) is 1.00. The van der Waals surface area contributed by atoms with Crippen LogP contribution < -0.4 is 0 Å². The summed E-state index contributed by atoms with van der Waals surface area (Å²) in [5.74, 6) is -6.13. The van der Waals surface area contributed by atoms with Crippen LogP contribution in [0.25, 0.3) is 0 Å². The molecule has 0 aliphatic carbocycles. The molecule has 20 heavy (non-hydrogen) atoms. The number of rotatable bonds is 5. The minimum atomic E-state index is -6.60. The van der Waals surface area contributed by atoms with Gasteiger partial charge in [-0.1, -0.05) is 0 Å². The van der Waals surface area contributed by atoms with Gasteiger partial charge in [0.25, 0.3) is 0 Å². The fourth-order valence-corrected chi connectivity index (χ4v) is 0.770. The zero-order valence-electron chi connectivity index (χ0n) is 8.88. The van der Waals surface area contributed by atoms with Crippen LogP contribution in [0.4, 0.5) is 48.3 Å². The number of hydrogen-bond acceptors (Lipinski definition) is 3. The zero-order valence-corrected chi connectivity index (χ0v) is 8.88. The molecule has 0 N–H and O–H groups in total. The predicted molar refractivity (Wildman–Crippen MR) is 35.0 cm³/mol. The minimum Gasteiger partial charge on any atom is -0.335 e. The van der Waals surface area contributed by atoms with Crippen LogP contribution in [0.5, 0.6) is 0 Å². The van der Waals surface area contributed by atoms with Crippen LogP contribution in [0.15, 0.2) is 0 Å². The summed E-state index contributed by atoms with van der Waals surface area (Å²) < 4.78 is 139. The average molecular weight is 332 g/mol. The van der Waals surface area contributed by atoms with Gasteiger partial charge < -0.3 is 4.74 Å². The summed E-state index contributed by atoms with van der Waals surface area (Å²) in [4.78, 5) is 0. The summed E-state index contributed by atoms with van der Waals surface area (Å²) in [6, 6.07) is 0. The molecule has 0 aromatic heterocycles. The van der Waals surface area contributed by atoms with Gasteiger partial charge in [-0.05, 0) is 0 Å². The number of ether oxygens (including phenoxy) is 3. The normalized spacial score (nSPS) is 18.0. The maximum absolute atomic E-state index is 12.9. The third-order valence-electron chi connectivity index (χ3n) is 1.50. The second-order valence-corrected chi connectivity index (χ2v) is 2.93. The largest absolute Gasteiger partial charge is 0.529 e. The third-order valence-corrected chi connectivity index (χ3v) is 1.50. The lowest BCUT2D eigenvalue weighted by molar-refractivity contribution is -0.567. The van der Waals surface area contributed by atoms with E-state index in [4.69, 9.17) is 0 Å². The summed E-state index contributed by atoms with van der Waals surface area (Å²) in [7, 11) is -0.298. The van der Waals surface area contributed by atoms with Crippen LogP contribution in [0.3, 0.4) is 0 Å². The summed E-state index contributed by atoms with van der Waals surface area (Å²) in [5.41, 5.74) is 0. The first kappa shape index (κ1) is 19.1. The lowest BCUT2D eigenvalue weighted by atomic mass is 10.3. The highest BCUT2D eigenvalue weighted by Gasteiger charge is 2.76. The smallest absolute Gasteiger partial charge is 0.335 e. The number of alkyl halides is 11. The molecule has 0 rings (SSSR count). The summed E-state index contributed by atoms with van der Waals surface area (Å²) in [6.07, 6.45) is -25.7. The van der Waals surface area contributed by atoms with Crippen molar-refractivity contribution in [1.82, 2.24) is 0 Å². The molecular weight excluding hydrogens is 329 g/mol. The van der Waals surface area contributed by atoms with Crippen LogP contribution in [-0.4, -0.2) is 37.9 Å². The van der Waals surface area contributed by atoms with E-state index in [1.807, 2.05) is 4.74 Å². The molecule has 0 aromatic carbocycles. The maximum atomic E-state index is 12.9. The van der Waals surface area contributed by atoms with Crippen molar-refractivity contribution in [2.75, 3.05) is 7.11 Å². The van der Waals surface area contributed by atoms with E-state index < -0.39 is 30.8 Å². The van der Waals surface area contributed by atoms with Crippen molar-refractivity contribution in [3.8, 4) is 0 Å². The van der Waals surface area contributed by atoms with Gasteiger partial charge >= 0.3 is 30.8 Å². The van der Waals surface area contributed by atoms with Gasteiger partial charge in [0.2, 0.25) is 0 Å². The quantitative estimate of drug-likeness (QED) is 0.569. The van der Waals surface area contributed by atoms with E-state index in [-0.39, 0.29) is 7.11 Å². The maximum Gasteiger partial charge on any atom is 0.529 e. The molecule has 0 aliphatic heterocycles. The Kier molecular flexibility index (Phi) is 4.91. The Labute approximate surface area is 102 Å². The van der Waals surface area contributed by atoms with Crippen molar-refractivity contribution in [2.45, 2.75) is 30.8 Å². The van der Waals surface area contributed by atoms with Gasteiger partial charge in [-0.3, -0.25) is 0 Å². The molecule has 0 aromatic rings. The molecule has 0 radical (unpaired) electrons. The van der Waals surface area contributed by atoms with Crippen molar-refractivity contribution >= 4 is 0 Å². The zero-order chi connectivity index (χ0) is 16.6. The Morgan fingerprint density at radius 3 is 1.30 bits per heavy atom. The SMILES string of the molecule is COC(F)(C(F)(F)F)C(F)(F)OC(F)(F)OC(F)(F)F. The van der Waals surface area contributed by atoms with Gasteiger partial charge in [0, 0.05) is 7.11 Å². The molecule has 1 atom stereocenters. The van der Waals surface area contributed by atoms with E-state index in [1.165, 1.54) is 0 Å². The molecule has 0 amide bonds. The number of hydrogen-bond donors (Lipinski definition) is 0. The van der Waals surface area contributed by atoms with Crippen LogP contribution >= 0.6 is 0 Å². The van der Waals surface area contributed by atoms with Crippen LogP contribution in [0.2, 0.25) is 0 Å². The highest BCUT2D eigenvalue weighted by Crippen LogP contribution is 2.49. The molecule has 3 nitrogen and oxygen atoms in total. The molecule has 0 fully saturated rings. The first-order valence-electron chi connectivity index (χ1n) is 4.01. The van der Waals surface area contributed by atoms with Crippen molar-refractivity contribution < 1.29 is 62.5 Å². The molecule has 1 unspecified atom stereocenters. The monoisotopic (exact) mass is 332 g/mol. The van der Waals surface area contributed by atoms with Crippen molar-refractivity contribution in [3.63, 3.8) is 0 Å². The highest BCUT2D eigenvalue weighted by molar-refractivity contribution is 4.86. The average Bonchev–Trinajstić information content (AvgIpc) is 2.07.